The predicted octanol–water partition coefficient (Wildman–Crippen LogP) is 1.18. The summed E-state index contributed by atoms with van der Waals surface area (Å²) in [5.41, 5.74) is 2.11. The van der Waals surface area contributed by atoms with Crippen LogP contribution in [0.1, 0.15) is 46.8 Å². The molecule has 31 heavy (non-hydrogen) atoms. The number of nitrogens with zero attached hydrogens (tertiary/aromatic N) is 3. The number of hydrogen-bond acceptors (Lipinski definition) is 7. The van der Waals surface area contributed by atoms with Crippen LogP contribution in [0.5, 0.6) is 0 Å². The quantitative estimate of drug-likeness (QED) is 0.551. The number of halogens is 1. The van der Waals surface area contributed by atoms with Crippen LogP contribution in [0, 0.1) is 0 Å². The lowest BCUT2D eigenvalue weighted by Crippen LogP contribution is -2.37. The second kappa shape index (κ2) is 10.9. The van der Waals surface area contributed by atoms with Crippen molar-refractivity contribution in [1.82, 2.24) is 25.6 Å². The van der Waals surface area contributed by atoms with Gasteiger partial charge < -0.3 is 24.6 Å². The highest BCUT2D eigenvalue weighted by Gasteiger charge is 2.28. The Kier molecular flexibility index (Phi) is 8.01. The lowest BCUT2D eigenvalue weighted by Gasteiger charge is -2.26. The minimum atomic E-state index is -0.250. The lowest BCUT2D eigenvalue weighted by molar-refractivity contribution is -0.132. The normalized spacial score (nSPS) is 17.5. The number of ether oxygens (including phenoxy) is 1. The maximum absolute atomic E-state index is 12.5. The Morgan fingerprint density at radius 3 is 2.94 bits per heavy atom. The third-order valence-electron chi connectivity index (χ3n) is 5.13. The molecular formula is C19H24ClN5O6. The van der Waals surface area contributed by atoms with Crippen LogP contribution < -0.4 is 5.32 Å². The Balaban J connectivity index is 0.000000858. The molecule has 2 amide bonds. The summed E-state index contributed by atoms with van der Waals surface area (Å²) < 4.78 is 10.6. The summed E-state index contributed by atoms with van der Waals surface area (Å²) in [5, 5.41) is 20.8. The number of rotatable bonds is 6. The topological polar surface area (TPSA) is 151 Å². The summed E-state index contributed by atoms with van der Waals surface area (Å²) in [6.07, 6.45) is 3.44. The molecule has 4 rings (SSSR count). The van der Waals surface area contributed by atoms with Gasteiger partial charge in [-0.1, -0.05) is 16.8 Å². The number of aromatic amines is 1. The van der Waals surface area contributed by atoms with Gasteiger partial charge in [0.25, 0.3) is 12.4 Å². The van der Waals surface area contributed by atoms with E-state index in [-0.39, 0.29) is 29.5 Å². The molecule has 0 radical (unpaired) electrons. The monoisotopic (exact) mass is 453 g/mol. The molecule has 1 atom stereocenters. The van der Waals surface area contributed by atoms with E-state index in [4.69, 9.17) is 30.8 Å². The SMILES string of the molecule is O=C(NCC1CCCO1)c1n[nH]c2c1CCN(C(=O)CCc1cc(Cl)no1)C2.O=CO. The first-order valence-corrected chi connectivity index (χ1v) is 10.3. The zero-order chi connectivity index (χ0) is 22.2. The maximum atomic E-state index is 12.5. The van der Waals surface area contributed by atoms with Gasteiger partial charge in [-0.05, 0) is 19.3 Å². The Labute approximate surface area is 183 Å². The van der Waals surface area contributed by atoms with Crippen molar-refractivity contribution < 1.29 is 28.8 Å². The van der Waals surface area contributed by atoms with Gasteiger partial charge in [0.2, 0.25) is 5.91 Å². The molecule has 1 unspecified atom stereocenters. The molecule has 0 aliphatic carbocycles. The number of carbonyl (C=O) groups excluding carboxylic acids is 2. The molecule has 2 aromatic rings. The zero-order valence-corrected chi connectivity index (χ0v) is 17.6. The summed E-state index contributed by atoms with van der Waals surface area (Å²) in [7, 11) is 0. The summed E-state index contributed by atoms with van der Waals surface area (Å²) in [5.74, 6) is 0.398. The number of carbonyl (C=O) groups is 3. The van der Waals surface area contributed by atoms with Crippen LogP contribution in [0.4, 0.5) is 0 Å². The molecule has 0 spiro atoms. The molecule has 0 saturated carbocycles. The fourth-order valence-corrected chi connectivity index (χ4v) is 3.76. The number of aromatic nitrogens is 3. The molecule has 0 aromatic carbocycles. The molecule has 2 aliphatic heterocycles. The van der Waals surface area contributed by atoms with Crippen molar-refractivity contribution in [2.24, 2.45) is 0 Å². The summed E-state index contributed by atoms with van der Waals surface area (Å²) in [6, 6.07) is 1.61. The van der Waals surface area contributed by atoms with E-state index in [1.165, 1.54) is 0 Å². The van der Waals surface area contributed by atoms with Gasteiger partial charge in [0.1, 0.15) is 5.76 Å². The fraction of sp³-hybridized carbons (Fsp3) is 0.526. The molecule has 0 bridgehead atoms. The Morgan fingerprint density at radius 2 is 2.26 bits per heavy atom. The highest BCUT2D eigenvalue weighted by atomic mass is 35.5. The highest BCUT2D eigenvalue weighted by Crippen LogP contribution is 2.21. The van der Waals surface area contributed by atoms with Crippen molar-refractivity contribution in [3.8, 4) is 0 Å². The molecule has 4 heterocycles. The van der Waals surface area contributed by atoms with Gasteiger partial charge in [-0.25, -0.2) is 0 Å². The molecule has 3 N–H and O–H groups in total. The van der Waals surface area contributed by atoms with Crippen LogP contribution in [-0.2, 0) is 33.7 Å². The predicted molar refractivity (Wildman–Crippen MR) is 108 cm³/mol. The Hall–Kier alpha value is -2.92. The van der Waals surface area contributed by atoms with Gasteiger partial charge in [-0.2, -0.15) is 5.10 Å². The van der Waals surface area contributed by atoms with E-state index in [2.05, 4.69) is 20.7 Å². The molecule has 2 aromatic heterocycles. The number of nitrogens with one attached hydrogen (secondary N) is 2. The first-order valence-electron chi connectivity index (χ1n) is 9.94. The van der Waals surface area contributed by atoms with Crippen molar-refractivity contribution in [3.63, 3.8) is 0 Å². The van der Waals surface area contributed by atoms with Gasteiger partial charge in [0.05, 0.1) is 18.3 Å². The van der Waals surface area contributed by atoms with E-state index < -0.39 is 0 Å². The Bertz CT molecular complexity index is 907. The van der Waals surface area contributed by atoms with Crippen molar-refractivity contribution >= 4 is 29.9 Å². The third kappa shape index (κ3) is 6.05. The second-order valence-electron chi connectivity index (χ2n) is 7.16. The lowest BCUT2D eigenvalue weighted by atomic mass is 10.0. The van der Waals surface area contributed by atoms with Gasteiger partial charge in [-0.15, -0.1) is 0 Å². The van der Waals surface area contributed by atoms with E-state index in [9.17, 15) is 9.59 Å². The van der Waals surface area contributed by atoms with E-state index in [1.807, 2.05) is 0 Å². The van der Waals surface area contributed by atoms with Crippen LogP contribution in [0.3, 0.4) is 0 Å². The molecule has 1 saturated heterocycles. The van der Waals surface area contributed by atoms with Crippen molar-refractivity contribution in [2.45, 2.75) is 44.8 Å². The first kappa shape index (κ1) is 22.8. The largest absolute Gasteiger partial charge is 0.483 e. The van der Waals surface area contributed by atoms with Crippen LogP contribution in [0.2, 0.25) is 5.15 Å². The summed E-state index contributed by atoms with van der Waals surface area (Å²) >= 11 is 5.72. The van der Waals surface area contributed by atoms with Gasteiger partial charge >= 0.3 is 0 Å². The van der Waals surface area contributed by atoms with Gasteiger partial charge in [-0.3, -0.25) is 19.5 Å². The standard InChI is InChI=1S/C18H22ClN5O4.CH2O2/c19-15-8-11(28-23-15)3-4-16(25)24-6-5-13-14(10-24)21-22-17(13)18(26)20-9-12-2-1-7-27-12;2-1-3/h8,12H,1-7,9-10H2,(H,20,26)(H,21,22);1H,(H,2,3). The number of carboxylic acid groups (broad SMARTS) is 1. The molecule has 1 fully saturated rings. The van der Waals surface area contributed by atoms with Gasteiger partial charge in [0, 0.05) is 44.2 Å². The second-order valence-corrected chi connectivity index (χ2v) is 7.55. The van der Waals surface area contributed by atoms with Crippen molar-refractivity contribution in [1.29, 1.82) is 0 Å². The van der Waals surface area contributed by atoms with Gasteiger partial charge in [0.15, 0.2) is 10.8 Å². The van der Waals surface area contributed by atoms with Crippen molar-refractivity contribution in [2.75, 3.05) is 19.7 Å². The Morgan fingerprint density at radius 1 is 1.45 bits per heavy atom. The molecule has 2 aliphatic rings. The number of aryl methyl sites for hydroxylation is 1. The van der Waals surface area contributed by atoms with Crippen LogP contribution in [0.15, 0.2) is 10.6 Å². The molecule has 11 nitrogen and oxygen atoms in total. The average Bonchev–Trinajstić information content (AvgIpc) is 3.51. The van der Waals surface area contributed by atoms with Crippen LogP contribution in [-0.4, -0.2) is 69.4 Å². The minimum Gasteiger partial charge on any atom is -0.483 e. The highest BCUT2D eigenvalue weighted by molar-refractivity contribution is 6.29. The van der Waals surface area contributed by atoms with E-state index in [0.29, 0.717) is 50.4 Å². The van der Waals surface area contributed by atoms with Crippen LogP contribution >= 0.6 is 11.6 Å². The first-order chi connectivity index (χ1) is 15.0. The molecule has 12 heteroatoms. The number of amides is 2. The average molecular weight is 454 g/mol. The maximum Gasteiger partial charge on any atom is 0.290 e. The van der Waals surface area contributed by atoms with Crippen molar-refractivity contribution in [3.05, 3.63) is 33.9 Å². The number of hydrogen-bond donors (Lipinski definition) is 3. The number of fused-ring (bicyclic) bond motifs is 1. The van der Waals surface area contributed by atoms with E-state index in [1.54, 1.807) is 11.0 Å². The summed E-state index contributed by atoms with van der Waals surface area (Å²) in [4.78, 5) is 35.1. The number of H-pyrrole nitrogens is 1. The summed E-state index contributed by atoms with van der Waals surface area (Å²) in [6.45, 7) is 1.97. The zero-order valence-electron chi connectivity index (χ0n) is 16.8. The third-order valence-corrected chi connectivity index (χ3v) is 5.31. The van der Waals surface area contributed by atoms with E-state index in [0.717, 1.165) is 30.7 Å². The molecule has 168 valence electrons. The minimum absolute atomic E-state index is 0.0113. The van der Waals surface area contributed by atoms with Crippen LogP contribution in [0.25, 0.3) is 0 Å². The van der Waals surface area contributed by atoms with E-state index >= 15 is 0 Å². The fourth-order valence-electron chi connectivity index (χ4n) is 3.61. The molecular weight excluding hydrogens is 430 g/mol. The smallest absolute Gasteiger partial charge is 0.290 e.